The first kappa shape index (κ1) is 12.8. The first-order valence-corrected chi connectivity index (χ1v) is 6.07. The Morgan fingerprint density at radius 3 is 2.67 bits per heavy atom. The predicted octanol–water partition coefficient (Wildman–Crippen LogP) is -1.14. The van der Waals surface area contributed by atoms with Crippen LogP contribution < -0.4 is 21.3 Å². The molecule has 1 aliphatic heterocycles. The fourth-order valence-corrected chi connectivity index (χ4v) is 2.00. The van der Waals surface area contributed by atoms with Crippen molar-refractivity contribution in [3.8, 4) is 5.88 Å². The van der Waals surface area contributed by atoms with Gasteiger partial charge in [0.25, 0.3) is 5.88 Å². The van der Waals surface area contributed by atoms with E-state index in [0.717, 1.165) is 35.2 Å². The van der Waals surface area contributed by atoms with E-state index in [0.29, 0.717) is 12.5 Å². The lowest BCUT2D eigenvalue weighted by molar-refractivity contribution is 0.200. The van der Waals surface area contributed by atoms with E-state index in [1.807, 2.05) is 0 Å². The number of aromatic nitrogens is 3. The first-order chi connectivity index (χ1) is 8.59. The molecular formula is C11H18N4O3. The van der Waals surface area contributed by atoms with Crippen molar-refractivity contribution in [2.24, 2.45) is 20.0 Å². The molecule has 1 N–H and O–H groups in total. The van der Waals surface area contributed by atoms with Crippen molar-refractivity contribution < 1.29 is 4.74 Å². The van der Waals surface area contributed by atoms with Gasteiger partial charge in [-0.1, -0.05) is 0 Å². The third-order valence-corrected chi connectivity index (χ3v) is 3.21. The van der Waals surface area contributed by atoms with Crippen LogP contribution in [0.2, 0.25) is 0 Å². The van der Waals surface area contributed by atoms with E-state index in [9.17, 15) is 9.59 Å². The Morgan fingerprint density at radius 1 is 1.33 bits per heavy atom. The number of nitrogens with one attached hydrogen (secondary N) is 1. The number of hydrogen-bond acceptors (Lipinski definition) is 5. The lowest BCUT2D eigenvalue weighted by Gasteiger charge is -2.22. The van der Waals surface area contributed by atoms with Crippen LogP contribution in [-0.2, 0) is 14.1 Å². The second-order valence-corrected chi connectivity index (χ2v) is 4.58. The molecule has 1 fully saturated rings. The van der Waals surface area contributed by atoms with E-state index in [1.54, 1.807) is 0 Å². The Morgan fingerprint density at radius 2 is 2.00 bits per heavy atom. The van der Waals surface area contributed by atoms with Crippen LogP contribution in [0.1, 0.15) is 12.8 Å². The average Bonchev–Trinajstić information content (AvgIpc) is 2.40. The van der Waals surface area contributed by atoms with Crippen molar-refractivity contribution in [1.29, 1.82) is 0 Å². The minimum Gasteiger partial charge on any atom is -0.472 e. The summed E-state index contributed by atoms with van der Waals surface area (Å²) in [7, 11) is 2.92. The topological polar surface area (TPSA) is 78.2 Å². The van der Waals surface area contributed by atoms with Crippen molar-refractivity contribution in [2.45, 2.75) is 12.8 Å². The third-order valence-electron chi connectivity index (χ3n) is 3.21. The molecule has 0 bridgehead atoms. The van der Waals surface area contributed by atoms with E-state index < -0.39 is 11.2 Å². The van der Waals surface area contributed by atoms with Gasteiger partial charge in [-0.25, -0.2) is 9.48 Å². The maximum atomic E-state index is 11.8. The monoisotopic (exact) mass is 254 g/mol. The molecule has 1 saturated heterocycles. The Labute approximate surface area is 104 Å². The highest BCUT2D eigenvalue weighted by Gasteiger charge is 2.16. The molecule has 2 rings (SSSR count). The van der Waals surface area contributed by atoms with Gasteiger partial charge in [-0.05, 0) is 31.8 Å². The smallest absolute Gasteiger partial charge is 0.347 e. The summed E-state index contributed by atoms with van der Waals surface area (Å²) in [6, 6.07) is 0. The predicted molar refractivity (Wildman–Crippen MR) is 65.8 cm³/mol. The molecule has 0 aromatic carbocycles. The molecule has 1 aromatic heterocycles. The molecule has 0 aliphatic carbocycles. The number of nitrogens with zero attached hydrogens (tertiary/aromatic N) is 3. The largest absolute Gasteiger partial charge is 0.472 e. The highest BCUT2D eigenvalue weighted by Crippen LogP contribution is 2.12. The number of hydrogen-bond donors (Lipinski definition) is 1. The van der Waals surface area contributed by atoms with Crippen molar-refractivity contribution >= 4 is 0 Å². The quantitative estimate of drug-likeness (QED) is 0.737. The molecule has 100 valence electrons. The summed E-state index contributed by atoms with van der Waals surface area (Å²) in [5.41, 5.74) is -0.929. The lowest BCUT2D eigenvalue weighted by atomic mass is 9.99. The van der Waals surface area contributed by atoms with Gasteiger partial charge in [0.05, 0.1) is 6.61 Å². The van der Waals surface area contributed by atoms with Crippen LogP contribution in [-0.4, -0.2) is 34.0 Å². The Kier molecular flexibility index (Phi) is 3.81. The summed E-state index contributed by atoms with van der Waals surface area (Å²) in [4.78, 5) is 23.2. The number of aryl methyl sites for hydroxylation is 1. The van der Waals surface area contributed by atoms with Crippen LogP contribution in [0.5, 0.6) is 5.88 Å². The van der Waals surface area contributed by atoms with Gasteiger partial charge in [0.2, 0.25) is 0 Å². The maximum absolute atomic E-state index is 11.8. The van der Waals surface area contributed by atoms with Crippen LogP contribution in [0.15, 0.2) is 9.59 Å². The number of ether oxygens (including phenoxy) is 1. The molecule has 0 spiro atoms. The van der Waals surface area contributed by atoms with Crippen LogP contribution in [0.4, 0.5) is 0 Å². The Balaban J connectivity index is 2.10. The first-order valence-electron chi connectivity index (χ1n) is 6.07. The van der Waals surface area contributed by atoms with Crippen LogP contribution in [0.25, 0.3) is 0 Å². The molecule has 1 aromatic rings. The zero-order valence-electron chi connectivity index (χ0n) is 10.7. The Hall–Kier alpha value is -1.63. The summed E-state index contributed by atoms with van der Waals surface area (Å²) < 4.78 is 7.58. The maximum Gasteiger partial charge on any atom is 0.347 e. The van der Waals surface area contributed by atoms with Crippen molar-refractivity contribution in [1.82, 2.24) is 19.7 Å². The van der Waals surface area contributed by atoms with Gasteiger partial charge in [-0.2, -0.15) is 0 Å². The van der Waals surface area contributed by atoms with Gasteiger partial charge in [-0.3, -0.25) is 9.36 Å². The number of piperidine rings is 1. The fourth-order valence-electron chi connectivity index (χ4n) is 2.00. The van der Waals surface area contributed by atoms with Gasteiger partial charge >= 0.3 is 11.2 Å². The fraction of sp³-hybridized carbons (Fsp3) is 0.727. The minimum atomic E-state index is -0.480. The molecule has 1 aliphatic rings. The Bertz CT molecular complexity index is 528. The molecule has 0 atom stereocenters. The van der Waals surface area contributed by atoms with Gasteiger partial charge in [0, 0.05) is 14.1 Å². The van der Waals surface area contributed by atoms with Gasteiger partial charge in [-0.15, -0.1) is 5.10 Å². The van der Waals surface area contributed by atoms with Crippen molar-refractivity contribution in [3.05, 3.63) is 20.8 Å². The summed E-state index contributed by atoms with van der Waals surface area (Å²) in [6.07, 6.45) is 2.07. The highest BCUT2D eigenvalue weighted by atomic mass is 16.5. The normalized spacial score (nSPS) is 16.8. The van der Waals surface area contributed by atoms with Crippen LogP contribution in [0, 0.1) is 5.92 Å². The van der Waals surface area contributed by atoms with Crippen LogP contribution >= 0.6 is 0 Å². The molecule has 0 radical (unpaired) electrons. The minimum absolute atomic E-state index is 0.00173. The molecule has 7 nitrogen and oxygen atoms in total. The zero-order chi connectivity index (χ0) is 13.1. The van der Waals surface area contributed by atoms with Crippen molar-refractivity contribution in [2.75, 3.05) is 19.7 Å². The molecule has 0 amide bonds. The van der Waals surface area contributed by atoms with E-state index >= 15 is 0 Å². The molecule has 2 heterocycles. The average molecular weight is 254 g/mol. The van der Waals surface area contributed by atoms with Gasteiger partial charge in [0.1, 0.15) is 0 Å². The van der Waals surface area contributed by atoms with E-state index in [1.165, 1.54) is 14.1 Å². The molecule has 7 heteroatoms. The summed E-state index contributed by atoms with van der Waals surface area (Å²) in [6.45, 7) is 2.43. The van der Waals surface area contributed by atoms with Crippen LogP contribution in [0.3, 0.4) is 0 Å². The summed E-state index contributed by atoms with van der Waals surface area (Å²) in [5.74, 6) is 0.438. The second kappa shape index (κ2) is 5.34. The second-order valence-electron chi connectivity index (χ2n) is 4.58. The molecule has 18 heavy (non-hydrogen) atoms. The van der Waals surface area contributed by atoms with Crippen molar-refractivity contribution in [3.63, 3.8) is 0 Å². The third kappa shape index (κ3) is 2.61. The molecular weight excluding hydrogens is 236 g/mol. The summed E-state index contributed by atoms with van der Waals surface area (Å²) in [5, 5.41) is 7.12. The summed E-state index contributed by atoms with van der Waals surface area (Å²) >= 11 is 0. The molecule has 0 unspecified atom stereocenters. The number of rotatable bonds is 3. The highest BCUT2D eigenvalue weighted by molar-refractivity contribution is 5.01. The van der Waals surface area contributed by atoms with Gasteiger partial charge < -0.3 is 10.1 Å². The van der Waals surface area contributed by atoms with E-state index in [-0.39, 0.29) is 5.88 Å². The van der Waals surface area contributed by atoms with E-state index in [2.05, 4.69) is 10.4 Å². The zero-order valence-corrected chi connectivity index (χ0v) is 10.7. The standard InChI is InChI=1S/C11H18N4O3/c1-14-10(16)9(13-15(2)11(14)17)18-7-8-3-5-12-6-4-8/h8,12H,3-7H2,1-2H3. The SMILES string of the molecule is Cn1nc(OCC2CCNCC2)c(=O)n(C)c1=O. The van der Waals surface area contributed by atoms with E-state index in [4.69, 9.17) is 4.74 Å². The molecule has 0 saturated carbocycles. The van der Waals surface area contributed by atoms with Gasteiger partial charge in [0.15, 0.2) is 0 Å². The lowest BCUT2D eigenvalue weighted by Crippen LogP contribution is -2.39.